The highest BCUT2D eigenvalue weighted by atomic mass is 32.2. The SMILES string of the molecule is C[C@H](CO)NC(=O)c1cc(-c2cccs2)cc(C(=O)NCc2ccc(S(C)(=O)=O)cc2)n1. The number of nitrogens with zero attached hydrogens (tertiary/aromatic N) is 1. The molecule has 2 aromatic heterocycles. The first kappa shape index (κ1) is 23.6. The van der Waals surface area contributed by atoms with E-state index < -0.39 is 27.7 Å². The van der Waals surface area contributed by atoms with Crippen LogP contribution in [0.25, 0.3) is 10.4 Å². The molecule has 3 aromatic rings. The van der Waals surface area contributed by atoms with Crippen molar-refractivity contribution in [2.75, 3.05) is 12.9 Å². The third-order valence-electron chi connectivity index (χ3n) is 4.55. The van der Waals surface area contributed by atoms with E-state index in [4.69, 9.17) is 0 Å². The highest BCUT2D eigenvalue weighted by molar-refractivity contribution is 7.90. The number of hydrogen-bond acceptors (Lipinski definition) is 7. The molecule has 3 N–H and O–H groups in total. The van der Waals surface area contributed by atoms with E-state index in [1.165, 1.54) is 23.5 Å². The minimum Gasteiger partial charge on any atom is -0.394 e. The van der Waals surface area contributed by atoms with Crippen LogP contribution in [0.4, 0.5) is 0 Å². The van der Waals surface area contributed by atoms with Crippen molar-refractivity contribution in [3.63, 3.8) is 0 Å². The molecule has 8 nitrogen and oxygen atoms in total. The van der Waals surface area contributed by atoms with E-state index in [2.05, 4.69) is 15.6 Å². The molecule has 0 saturated carbocycles. The Morgan fingerprint density at radius 2 is 1.75 bits per heavy atom. The number of aromatic nitrogens is 1. The monoisotopic (exact) mass is 473 g/mol. The van der Waals surface area contributed by atoms with Crippen LogP contribution in [-0.2, 0) is 16.4 Å². The molecular weight excluding hydrogens is 450 g/mol. The van der Waals surface area contributed by atoms with Crippen LogP contribution in [0.1, 0.15) is 33.5 Å². The van der Waals surface area contributed by atoms with Gasteiger partial charge in [-0.15, -0.1) is 11.3 Å². The average Bonchev–Trinajstić information content (AvgIpc) is 3.31. The highest BCUT2D eigenvalue weighted by Gasteiger charge is 2.17. The summed E-state index contributed by atoms with van der Waals surface area (Å²) >= 11 is 1.47. The van der Waals surface area contributed by atoms with Gasteiger partial charge in [-0.2, -0.15) is 0 Å². The summed E-state index contributed by atoms with van der Waals surface area (Å²) in [6.07, 6.45) is 1.13. The molecule has 0 spiro atoms. The van der Waals surface area contributed by atoms with Gasteiger partial charge in [-0.25, -0.2) is 13.4 Å². The maximum Gasteiger partial charge on any atom is 0.270 e. The number of amides is 2. The highest BCUT2D eigenvalue weighted by Crippen LogP contribution is 2.26. The van der Waals surface area contributed by atoms with Crippen LogP contribution in [0.2, 0.25) is 0 Å². The summed E-state index contributed by atoms with van der Waals surface area (Å²) < 4.78 is 23.1. The number of thiophene rings is 1. The maximum atomic E-state index is 12.8. The lowest BCUT2D eigenvalue weighted by atomic mass is 10.1. The number of rotatable bonds is 8. The fourth-order valence-corrected chi connectivity index (χ4v) is 4.16. The quantitative estimate of drug-likeness (QED) is 0.461. The predicted molar refractivity (Wildman–Crippen MR) is 122 cm³/mol. The standard InChI is InChI=1S/C22H23N3O5S2/c1-14(13-26)24-22(28)19-11-16(20-4-3-9-31-20)10-18(25-19)21(27)23-12-15-5-7-17(8-6-15)32(2,29)30/h3-11,14,26H,12-13H2,1-2H3,(H,23,27)(H,24,28)/t14-/m1/s1. The molecule has 2 heterocycles. The van der Waals surface area contributed by atoms with Gasteiger partial charge in [-0.05, 0) is 53.8 Å². The van der Waals surface area contributed by atoms with Crippen molar-refractivity contribution >= 4 is 33.0 Å². The second-order valence-electron chi connectivity index (χ2n) is 7.26. The molecule has 2 amide bonds. The van der Waals surface area contributed by atoms with Crippen molar-refractivity contribution in [2.45, 2.75) is 24.4 Å². The number of aliphatic hydroxyl groups excluding tert-OH is 1. The van der Waals surface area contributed by atoms with Crippen LogP contribution >= 0.6 is 11.3 Å². The van der Waals surface area contributed by atoms with Crippen LogP contribution in [0.3, 0.4) is 0 Å². The molecule has 0 unspecified atom stereocenters. The first-order valence-corrected chi connectivity index (χ1v) is 12.5. The van der Waals surface area contributed by atoms with Gasteiger partial charge in [0.15, 0.2) is 9.84 Å². The summed E-state index contributed by atoms with van der Waals surface area (Å²) in [6.45, 7) is 1.60. The van der Waals surface area contributed by atoms with E-state index in [0.29, 0.717) is 5.56 Å². The minimum absolute atomic E-state index is 0.0684. The number of aliphatic hydroxyl groups is 1. The molecule has 0 fully saturated rings. The Hall–Kier alpha value is -3.08. The third-order valence-corrected chi connectivity index (χ3v) is 6.60. The summed E-state index contributed by atoms with van der Waals surface area (Å²) in [5.41, 5.74) is 1.54. The molecule has 0 saturated heterocycles. The lowest BCUT2D eigenvalue weighted by Gasteiger charge is -2.12. The largest absolute Gasteiger partial charge is 0.394 e. The molecule has 168 valence electrons. The van der Waals surface area contributed by atoms with Gasteiger partial charge >= 0.3 is 0 Å². The molecule has 0 radical (unpaired) electrons. The van der Waals surface area contributed by atoms with Gasteiger partial charge in [0.05, 0.1) is 11.5 Å². The Morgan fingerprint density at radius 1 is 1.09 bits per heavy atom. The Balaban J connectivity index is 1.82. The Bertz CT molecular complexity index is 1210. The lowest BCUT2D eigenvalue weighted by Crippen LogP contribution is -2.36. The normalized spacial score (nSPS) is 12.2. The fourth-order valence-electron chi connectivity index (χ4n) is 2.82. The van der Waals surface area contributed by atoms with Gasteiger partial charge in [0.1, 0.15) is 11.4 Å². The zero-order valence-corrected chi connectivity index (χ0v) is 19.2. The minimum atomic E-state index is -3.29. The molecule has 32 heavy (non-hydrogen) atoms. The van der Waals surface area contributed by atoms with Crippen LogP contribution in [0.5, 0.6) is 0 Å². The Morgan fingerprint density at radius 3 is 2.31 bits per heavy atom. The van der Waals surface area contributed by atoms with E-state index in [1.54, 1.807) is 31.2 Å². The van der Waals surface area contributed by atoms with Crippen molar-refractivity contribution < 1.29 is 23.1 Å². The first-order chi connectivity index (χ1) is 15.2. The molecule has 3 rings (SSSR count). The molecule has 10 heteroatoms. The molecule has 0 aliphatic heterocycles. The van der Waals surface area contributed by atoms with Crippen LogP contribution in [0, 0.1) is 0 Å². The molecular formula is C22H23N3O5S2. The number of sulfone groups is 1. The molecule has 0 aliphatic rings. The van der Waals surface area contributed by atoms with Crippen molar-refractivity contribution in [1.82, 2.24) is 15.6 Å². The van der Waals surface area contributed by atoms with Gasteiger partial charge in [-0.1, -0.05) is 18.2 Å². The second kappa shape index (κ2) is 10.0. The number of hydrogen-bond donors (Lipinski definition) is 3. The van der Waals surface area contributed by atoms with Crippen molar-refractivity contribution in [3.05, 3.63) is 70.9 Å². The summed E-state index contributed by atoms with van der Waals surface area (Å²) in [7, 11) is -3.29. The second-order valence-corrected chi connectivity index (χ2v) is 10.2. The number of nitrogens with one attached hydrogen (secondary N) is 2. The van der Waals surface area contributed by atoms with Gasteiger partial charge in [0, 0.05) is 23.7 Å². The molecule has 1 atom stereocenters. The van der Waals surface area contributed by atoms with E-state index >= 15 is 0 Å². The smallest absolute Gasteiger partial charge is 0.270 e. The topological polar surface area (TPSA) is 125 Å². The van der Waals surface area contributed by atoms with Crippen molar-refractivity contribution in [1.29, 1.82) is 0 Å². The van der Waals surface area contributed by atoms with Crippen LogP contribution in [-0.4, -0.2) is 49.2 Å². The summed E-state index contributed by atoms with van der Waals surface area (Å²) in [4.78, 5) is 30.6. The van der Waals surface area contributed by atoms with E-state index in [1.807, 2.05) is 17.5 Å². The number of carbonyl (C=O) groups excluding carboxylic acids is 2. The number of pyridine rings is 1. The molecule has 1 aromatic carbocycles. The van der Waals surface area contributed by atoms with E-state index in [0.717, 1.165) is 16.7 Å². The van der Waals surface area contributed by atoms with Crippen LogP contribution < -0.4 is 10.6 Å². The summed E-state index contributed by atoms with van der Waals surface area (Å²) in [5, 5.41) is 16.5. The summed E-state index contributed by atoms with van der Waals surface area (Å²) in [6, 6.07) is 12.7. The fraction of sp³-hybridized carbons (Fsp3) is 0.227. The van der Waals surface area contributed by atoms with Crippen molar-refractivity contribution in [2.24, 2.45) is 0 Å². The van der Waals surface area contributed by atoms with Gasteiger partial charge in [-0.3, -0.25) is 9.59 Å². The number of carbonyl (C=O) groups is 2. The van der Waals surface area contributed by atoms with Crippen LogP contribution in [0.15, 0.2) is 58.8 Å². The lowest BCUT2D eigenvalue weighted by molar-refractivity contribution is 0.0916. The third kappa shape index (κ3) is 6.00. The molecule has 0 aliphatic carbocycles. The number of benzene rings is 1. The van der Waals surface area contributed by atoms with E-state index in [9.17, 15) is 23.1 Å². The van der Waals surface area contributed by atoms with Gasteiger partial charge in [0.2, 0.25) is 0 Å². The van der Waals surface area contributed by atoms with Gasteiger partial charge in [0.25, 0.3) is 11.8 Å². The zero-order valence-electron chi connectivity index (χ0n) is 17.5. The zero-order chi connectivity index (χ0) is 23.3. The Kier molecular flexibility index (Phi) is 7.39. The average molecular weight is 474 g/mol. The van der Waals surface area contributed by atoms with E-state index in [-0.39, 0.29) is 29.4 Å². The Labute approximate surface area is 190 Å². The summed E-state index contributed by atoms with van der Waals surface area (Å²) in [5.74, 6) is -0.963. The van der Waals surface area contributed by atoms with Crippen molar-refractivity contribution in [3.8, 4) is 10.4 Å². The maximum absolute atomic E-state index is 12.8. The first-order valence-electron chi connectivity index (χ1n) is 9.72. The molecule has 0 bridgehead atoms. The van der Waals surface area contributed by atoms with Gasteiger partial charge < -0.3 is 15.7 Å². The predicted octanol–water partition coefficient (Wildman–Crippen LogP) is 2.25.